The Hall–Kier alpha value is -1.55. The van der Waals surface area contributed by atoms with Crippen LogP contribution in [0.15, 0.2) is 24.3 Å². The molecular formula is C16H25NO3. The van der Waals surface area contributed by atoms with Crippen LogP contribution in [-0.4, -0.2) is 32.8 Å². The van der Waals surface area contributed by atoms with Gasteiger partial charge >= 0.3 is 0 Å². The molecule has 0 spiro atoms. The zero-order valence-corrected chi connectivity index (χ0v) is 12.5. The highest BCUT2D eigenvalue weighted by Crippen LogP contribution is 2.12. The van der Waals surface area contributed by atoms with E-state index in [4.69, 9.17) is 9.47 Å². The van der Waals surface area contributed by atoms with Crippen LogP contribution in [-0.2, 0) is 16.0 Å². The standard InChI is InChI=1S/C16H25NO3/c1-3-4-10-20-11-6-9-17-16(18)13-14-7-5-8-15(12-14)19-2/h5,7-8,12H,3-4,6,9-11,13H2,1-2H3,(H,17,18). The first-order valence-corrected chi connectivity index (χ1v) is 7.23. The highest BCUT2D eigenvalue weighted by atomic mass is 16.5. The molecule has 0 aliphatic carbocycles. The van der Waals surface area contributed by atoms with Gasteiger partial charge in [0.15, 0.2) is 0 Å². The van der Waals surface area contributed by atoms with Crippen LogP contribution in [0.1, 0.15) is 31.7 Å². The van der Waals surface area contributed by atoms with Gasteiger partial charge in [-0.2, -0.15) is 0 Å². The summed E-state index contributed by atoms with van der Waals surface area (Å²) in [5, 5.41) is 2.90. The number of ether oxygens (including phenoxy) is 2. The Morgan fingerprint density at radius 1 is 1.25 bits per heavy atom. The normalized spacial score (nSPS) is 10.3. The van der Waals surface area contributed by atoms with Gasteiger partial charge in [0, 0.05) is 19.8 Å². The van der Waals surface area contributed by atoms with Crippen LogP contribution in [0, 0.1) is 0 Å². The first-order chi connectivity index (χ1) is 9.76. The maximum atomic E-state index is 11.8. The lowest BCUT2D eigenvalue weighted by Crippen LogP contribution is -2.26. The van der Waals surface area contributed by atoms with Crippen LogP contribution in [0.25, 0.3) is 0 Å². The molecule has 20 heavy (non-hydrogen) atoms. The van der Waals surface area contributed by atoms with Gasteiger partial charge < -0.3 is 14.8 Å². The van der Waals surface area contributed by atoms with Gasteiger partial charge in [-0.1, -0.05) is 25.5 Å². The summed E-state index contributed by atoms with van der Waals surface area (Å²) in [7, 11) is 1.62. The number of hydrogen-bond donors (Lipinski definition) is 1. The highest BCUT2D eigenvalue weighted by Gasteiger charge is 2.03. The molecule has 0 bridgehead atoms. The van der Waals surface area contributed by atoms with E-state index >= 15 is 0 Å². The monoisotopic (exact) mass is 279 g/mol. The lowest BCUT2D eigenvalue weighted by molar-refractivity contribution is -0.120. The van der Waals surface area contributed by atoms with Gasteiger partial charge in [0.25, 0.3) is 0 Å². The first kappa shape index (κ1) is 16.5. The van der Waals surface area contributed by atoms with Gasteiger partial charge in [0.2, 0.25) is 5.91 Å². The minimum atomic E-state index is 0.0341. The average Bonchev–Trinajstić information content (AvgIpc) is 2.46. The van der Waals surface area contributed by atoms with E-state index in [1.807, 2.05) is 24.3 Å². The average molecular weight is 279 g/mol. The fourth-order valence-corrected chi connectivity index (χ4v) is 1.78. The van der Waals surface area contributed by atoms with Crippen molar-refractivity contribution in [2.45, 2.75) is 32.6 Å². The van der Waals surface area contributed by atoms with E-state index in [1.165, 1.54) is 0 Å². The Balaban J connectivity index is 2.13. The Kier molecular flexibility index (Phi) is 8.47. The Morgan fingerprint density at radius 3 is 2.80 bits per heavy atom. The highest BCUT2D eigenvalue weighted by molar-refractivity contribution is 5.78. The van der Waals surface area contributed by atoms with Crippen molar-refractivity contribution in [1.29, 1.82) is 0 Å². The first-order valence-electron chi connectivity index (χ1n) is 7.23. The second-order valence-electron chi connectivity index (χ2n) is 4.70. The molecular weight excluding hydrogens is 254 g/mol. The predicted octanol–water partition coefficient (Wildman–Crippen LogP) is 2.56. The third-order valence-corrected chi connectivity index (χ3v) is 2.93. The van der Waals surface area contributed by atoms with Gasteiger partial charge in [0.1, 0.15) is 5.75 Å². The Morgan fingerprint density at radius 2 is 2.05 bits per heavy atom. The van der Waals surface area contributed by atoms with Gasteiger partial charge in [-0.25, -0.2) is 0 Å². The Bertz CT molecular complexity index is 393. The minimum absolute atomic E-state index is 0.0341. The molecule has 0 aromatic heterocycles. The van der Waals surface area contributed by atoms with Crippen LogP contribution in [0.2, 0.25) is 0 Å². The van der Waals surface area contributed by atoms with E-state index in [9.17, 15) is 4.79 Å². The molecule has 0 radical (unpaired) electrons. The maximum Gasteiger partial charge on any atom is 0.224 e. The third-order valence-electron chi connectivity index (χ3n) is 2.93. The van der Waals surface area contributed by atoms with Crippen molar-refractivity contribution in [2.24, 2.45) is 0 Å². The van der Waals surface area contributed by atoms with Gasteiger partial charge in [-0.3, -0.25) is 4.79 Å². The lowest BCUT2D eigenvalue weighted by atomic mass is 10.1. The van der Waals surface area contributed by atoms with Crippen molar-refractivity contribution >= 4 is 5.91 Å². The summed E-state index contributed by atoms with van der Waals surface area (Å²) < 4.78 is 10.6. The summed E-state index contributed by atoms with van der Waals surface area (Å²) in [5.41, 5.74) is 0.959. The predicted molar refractivity (Wildman–Crippen MR) is 80.1 cm³/mol. The number of unbranched alkanes of at least 4 members (excludes halogenated alkanes) is 1. The molecule has 1 amide bonds. The maximum absolute atomic E-state index is 11.8. The zero-order valence-electron chi connectivity index (χ0n) is 12.5. The van der Waals surface area contributed by atoms with Crippen LogP contribution >= 0.6 is 0 Å². The Labute approximate surface area is 121 Å². The number of nitrogens with one attached hydrogen (secondary N) is 1. The van der Waals surface area contributed by atoms with Gasteiger partial charge in [0.05, 0.1) is 13.5 Å². The van der Waals surface area contributed by atoms with Crippen molar-refractivity contribution in [1.82, 2.24) is 5.32 Å². The molecule has 1 N–H and O–H groups in total. The van der Waals surface area contributed by atoms with E-state index in [-0.39, 0.29) is 5.91 Å². The lowest BCUT2D eigenvalue weighted by Gasteiger charge is -2.07. The number of methoxy groups -OCH3 is 1. The third kappa shape index (κ3) is 7.14. The summed E-state index contributed by atoms with van der Waals surface area (Å²) in [6.45, 7) is 4.32. The molecule has 0 fully saturated rings. The van der Waals surface area contributed by atoms with Crippen molar-refractivity contribution in [2.75, 3.05) is 26.9 Å². The molecule has 1 aromatic carbocycles. The van der Waals surface area contributed by atoms with Crippen LogP contribution < -0.4 is 10.1 Å². The van der Waals surface area contributed by atoms with Gasteiger partial charge in [-0.05, 0) is 30.5 Å². The van der Waals surface area contributed by atoms with Crippen molar-refractivity contribution < 1.29 is 14.3 Å². The van der Waals surface area contributed by atoms with E-state index in [0.29, 0.717) is 19.6 Å². The largest absolute Gasteiger partial charge is 0.497 e. The van der Waals surface area contributed by atoms with E-state index in [1.54, 1.807) is 7.11 Å². The molecule has 0 saturated carbocycles. The second-order valence-corrected chi connectivity index (χ2v) is 4.70. The summed E-state index contributed by atoms with van der Waals surface area (Å²) in [6.07, 6.45) is 3.49. The minimum Gasteiger partial charge on any atom is -0.497 e. The quantitative estimate of drug-likeness (QED) is 0.670. The number of carbonyl (C=O) groups is 1. The van der Waals surface area contributed by atoms with E-state index in [0.717, 1.165) is 37.2 Å². The molecule has 0 aliphatic rings. The smallest absolute Gasteiger partial charge is 0.224 e. The van der Waals surface area contributed by atoms with Gasteiger partial charge in [-0.15, -0.1) is 0 Å². The number of benzene rings is 1. The number of carbonyl (C=O) groups excluding carboxylic acids is 1. The molecule has 4 heteroatoms. The molecule has 1 aromatic rings. The molecule has 4 nitrogen and oxygen atoms in total. The van der Waals surface area contributed by atoms with Crippen LogP contribution in [0.4, 0.5) is 0 Å². The summed E-state index contributed by atoms with van der Waals surface area (Å²) in [4.78, 5) is 11.8. The summed E-state index contributed by atoms with van der Waals surface area (Å²) in [6, 6.07) is 7.57. The topological polar surface area (TPSA) is 47.6 Å². The molecule has 0 heterocycles. The van der Waals surface area contributed by atoms with Crippen LogP contribution in [0.5, 0.6) is 5.75 Å². The zero-order chi connectivity index (χ0) is 14.6. The number of hydrogen-bond acceptors (Lipinski definition) is 3. The molecule has 0 unspecified atom stereocenters. The van der Waals surface area contributed by atoms with Crippen LogP contribution in [0.3, 0.4) is 0 Å². The fourth-order valence-electron chi connectivity index (χ4n) is 1.78. The number of rotatable bonds is 10. The molecule has 0 saturated heterocycles. The molecule has 112 valence electrons. The van der Waals surface area contributed by atoms with E-state index in [2.05, 4.69) is 12.2 Å². The SMILES string of the molecule is CCCCOCCCNC(=O)Cc1cccc(OC)c1. The summed E-state index contributed by atoms with van der Waals surface area (Å²) in [5.74, 6) is 0.812. The van der Waals surface area contributed by atoms with Crippen molar-refractivity contribution in [3.63, 3.8) is 0 Å². The molecule has 0 atom stereocenters. The van der Waals surface area contributed by atoms with E-state index < -0.39 is 0 Å². The second kappa shape index (κ2) is 10.3. The van der Waals surface area contributed by atoms with Crippen molar-refractivity contribution in [3.8, 4) is 5.75 Å². The molecule has 0 aliphatic heterocycles. The molecule has 1 rings (SSSR count). The fraction of sp³-hybridized carbons (Fsp3) is 0.562. The van der Waals surface area contributed by atoms with Crippen molar-refractivity contribution in [3.05, 3.63) is 29.8 Å². The number of amides is 1. The summed E-state index contributed by atoms with van der Waals surface area (Å²) >= 11 is 0.